The number of para-hydroxylation sites is 1. The number of likely N-dealkylation sites (tertiary alicyclic amines) is 1. The number of piperidine rings is 1. The standard InChI is InChI=1S/C21H23N3OS/c1-15-22-19-10-9-16(13-20(19)26-15)21(25)23-18-8-4-3-7-17(18)14-24-11-5-2-6-12-24/h3-4,7-10,13H,2,5-6,11-12,14H2,1H3,(H,23,25). The molecule has 1 aliphatic rings. The molecule has 134 valence electrons. The number of fused-ring (bicyclic) bond motifs is 1. The SMILES string of the molecule is Cc1nc2ccc(C(=O)Nc3ccccc3CN3CCCCC3)cc2s1. The van der Waals surface area contributed by atoms with Crippen LogP contribution >= 0.6 is 11.3 Å². The van der Waals surface area contributed by atoms with E-state index in [-0.39, 0.29) is 5.91 Å². The smallest absolute Gasteiger partial charge is 0.255 e. The molecular formula is C21H23N3OS. The van der Waals surface area contributed by atoms with Crippen LogP contribution in [0, 0.1) is 6.92 Å². The van der Waals surface area contributed by atoms with Gasteiger partial charge in [0.1, 0.15) is 0 Å². The molecule has 0 aliphatic carbocycles. The fourth-order valence-electron chi connectivity index (χ4n) is 3.51. The Kier molecular flexibility index (Phi) is 5.00. The van der Waals surface area contributed by atoms with Crippen LogP contribution in [-0.4, -0.2) is 28.9 Å². The molecule has 0 saturated carbocycles. The average molecular weight is 366 g/mol. The monoisotopic (exact) mass is 365 g/mol. The van der Waals surface area contributed by atoms with Crippen LogP contribution in [0.2, 0.25) is 0 Å². The predicted molar refractivity (Wildman–Crippen MR) is 108 cm³/mol. The first-order valence-corrected chi connectivity index (χ1v) is 9.99. The molecule has 0 bridgehead atoms. The molecule has 1 N–H and O–H groups in total. The number of rotatable bonds is 4. The number of benzene rings is 2. The van der Waals surface area contributed by atoms with E-state index in [2.05, 4.69) is 21.3 Å². The van der Waals surface area contributed by atoms with Crippen molar-refractivity contribution in [2.24, 2.45) is 0 Å². The number of nitrogens with zero attached hydrogens (tertiary/aromatic N) is 2. The number of hydrogen-bond acceptors (Lipinski definition) is 4. The molecular weight excluding hydrogens is 342 g/mol. The largest absolute Gasteiger partial charge is 0.322 e. The van der Waals surface area contributed by atoms with Crippen LogP contribution in [0.5, 0.6) is 0 Å². The molecule has 1 fully saturated rings. The van der Waals surface area contributed by atoms with Crippen LogP contribution in [0.1, 0.15) is 40.2 Å². The van der Waals surface area contributed by atoms with Crippen molar-refractivity contribution in [2.75, 3.05) is 18.4 Å². The molecule has 1 amide bonds. The zero-order chi connectivity index (χ0) is 17.9. The van der Waals surface area contributed by atoms with Crippen LogP contribution in [0.3, 0.4) is 0 Å². The Morgan fingerprint density at radius 3 is 2.81 bits per heavy atom. The molecule has 26 heavy (non-hydrogen) atoms. The van der Waals surface area contributed by atoms with E-state index in [9.17, 15) is 4.79 Å². The molecule has 2 heterocycles. The summed E-state index contributed by atoms with van der Waals surface area (Å²) in [7, 11) is 0. The van der Waals surface area contributed by atoms with E-state index in [1.807, 2.05) is 43.3 Å². The highest BCUT2D eigenvalue weighted by Gasteiger charge is 2.14. The summed E-state index contributed by atoms with van der Waals surface area (Å²) in [5.41, 5.74) is 3.71. The minimum Gasteiger partial charge on any atom is -0.322 e. The second-order valence-corrected chi connectivity index (χ2v) is 8.10. The minimum atomic E-state index is -0.0657. The zero-order valence-electron chi connectivity index (χ0n) is 15.0. The van der Waals surface area contributed by atoms with Gasteiger partial charge in [0.15, 0.2) is 0 Å². The van der Waals surface area contributed by atoms with E-state index in [0.29, 0.717) is 5.56 Å². The summed E-state index contributed by atoms with van der Waals surface area (Å²) in [6.07, 6.45) is 3.86. The van der Waals surface area contributed by atoms with E-state index in [4.69, 9.17) is 0 Å². The molecule has 3 aromatic rings. The van der Waals surface area contributed by atoms with Gasteiger partial charge < -0.3 is 5.32 Å². The number of hydrogen-bond donors (Lipinski definition) is 1. The van der Waals surface area contributed by atoms with E-state index in [1.54, 1.807) is 11.3 Å². The van der Waals surface area contributed by atoms with Gasteiger partial charge in [0.2, 0.25) is 0 Å². The average Bonchev–Trinajstić information content (AvgIpc) is 3.03. The number of thiazole rings is 1. The lowest BCUT2D eigenvalue weighted by Crippen LogP contribution is -2.29. The molecule has 2 aromatic carbocycles. The zero-order valence-corrected chi connectivity index (χ0v) is 15.8. The van der Waals surface area contributed by atoms with Gasteiger partial charge in [-0.2, -0.15) is 0 Å². The summed E-state index contributed by atoms with van der Waals surface area (Å²) in [5.74, 6) is -0.0657. The maximum atomic E-state index is 12.8. The molecule has 1 aromatic heterocycles. The molecule has 1 saturated heterocycles. The summed E-state index contributed by atoms with van der Waals surface area (Å²) in [6, 6.07) is 13.8. The first kappa shape index (κ1) is 17.2. The normalized spacial score (nSPS) is 15.3. The Hall–Kier alpha value is -2.24. The Bertz CT molecular complexity index is 928. The molecule has 0 spiro atoms. The number of amides is 1. The van der Waals surface area contributed by atoms with Crippen molar-refractivity contribution in [1.82, 2.24) is 9.88 Å². The number of aryl methyl sites for hydroxylation is 1. The summed E-state index contributed by atoms with van der Waals surface area (Å²) < 4.78 is 1.05. The fraction of sp³-hybridized carbons (Fsp3) is 0.333. The molecule has 4 nitrogen and oxygen atoms in total. The Morgan fingerprint density at radius 2 is 1.96 bits per heavy atom. The molecule has 0 atom stereocenters. The van der Waals surface area contributed by atoms with Crippen molar-refractivity contribution in [1.29, 1.82) is 0 Å². The van der Waals surface area contributed by atoms with Crippen LogP contribution in [0.25, 0.3) is 10.2 Å². The molecule has 5 heteroatoms. The summed E-state index contributed by atoms with van der Waals surface area (Å²) in [5, 5.41) is 4.12. The molecule has 4 rings (SSSR count). The number of anilines is 1. The highest BCUT2D eigenvalue weighted by Crippen LogP contribution is 2.24. The topological polar surface area (TPSA) is 45.2 Å². The maximum absolute atomic E-state index is 12.8. The third-order valence-electron chi connectivity index (χ3n) is 4.87. The van der Waals surface area contributed by atoms with Crippen molar-refractivity contribution >= 4 is 33.1 Å². The first-order valence-electron chi connectivity index (χ1n) is 9.18. The van der Waals surface area contributed by atoms with Gasteiger partial charge in [0.05, 0.1) is 15.2 Å². The lowest BCUT2D eigenvalue weighted by molar-refractivity contribution is 0.102. The van der Waals surface area contributed by atoms with E-state index in [1.165, 1.54) is 24.8 Å². The lowest BCUT2D eigenvalue weighted by atomic mass is 10.1. The van der Waals surface area contributed by atoms with E-state index in [0.717, 1.165) is 40.5 Å². The van der Waals surface area contributed by atoms with Crippen LogP contribution in [0.15, 0.2) is 42.5 Å². The predicted octanol–water partition coefficient (Wildman–Crippen LogP) is 4.84. The summed E-state index contributed by atoms with van der Waals surface area (Å²) in [6.45, 7) is 5.16. The van der Waals surface area contributed by atoms with Crippen molar-refractivity contribution in [2.45, 2.75) is 32.7 Å². The number of carbonyl (C=O) groups excluding carboxylic acids is 1. The van der Waals surface area contributed by atoms with Gasteiger partial charge in [0, 0.05) is 17.8 Å². The van der Waals surface area contributed by atoms with Gasteiger partial charge in [-0.1, -0.05) is 24.6 Å². The van der Waals surface area contributed by atoms with Crippen molar-refractivity contribution in [3.05, 3.63) is 58.6 Å². The second-order valence-electron chi connectivity index (χ2n) is 6.86. The van der Waals surface area contributed by atoms with Crippen molar-refractivity contribution in [3.8, 4) is 0 Å². The highest BCUT2D eigenvalue weighted by atomic mass is 32.1. The number of carbonyl (C=O) groups is 1. The third kappa shape index (κ3) is 3.79. The first-order chi connectivity index (χ1) is 12.7. The maximum Gasteiger partial charge on any atom is 0.255 e. The summed E-state index contributed by atoms with van der Waals surface area (Å²) >= 11 is 1.62. The fourth-order valence-corrected chi connectivity index (χ4v) is 4.38. The Labute approximate surface area is 157 Å². The van der Waals surface area contributed by atoms with Gasteiger partial charge >= 0.3 is 0 Å². The van der Waals surface area contributed by atoms with Crippen LogP contribution < -0.4 is 5.32 Å². The van der Waals surface area contributed by atoms with Gasteiger partial charge in [-0.25, -0.2) is 4.98 Å². The van der Waals surface area contributed by atoms with Gasteiger partial charge in [0.25, 0.3) is 5.91 Å². The Balaban J connectivity index is 1.52. The van der Waals surface area contributed by atoms with Crippen molar-refractivity contribution in [3.63, 3.8) is 0 Å². The van der Waals surface area contributed by atoms with Gasteiger partial charge in [-0.3, -0.25) is 9.69 Å². The third-order valence-corrected chi connectivity index (χ3v) is 5.80. The number of aromatic nitrogens is 1. The van der Waals surface area contributed by atoms with Gasteiger partial charge in [-0.05, 0) is 62.7 Å². The molecule has 0 unspecified atom stereocenters. The van der Waals surface area contributed by atoms with Gasteiger partial charge in [-0.15, -0.1) is 11.3 Å². The molecule has 1 aliphatic heterocycles. The Morgan fingerprint density at radius 1 is 1.15 bits per heavy atom. The second kappa shape index (κ2) is 7.56. The number of nitrogens with one attached hydrogen (secondary N) is 1. The van der Waals surface area contributed by atoms with E-state index < -0.39 is 0 Å². The van der Waals surface area contributed by atoms with Crippen LogP contribution in [0.4, 0.5) is 5.69 Å². The van der Waals surface area contributed by atoms with Crippen molar-refractivity contribution < 1.29 is 4.79 Å². The summed E-state index contributed by atoms with van der Waals surface area (Å²) in [4.78, 5) is 19.7. The lowest BCUT2D eigenvalue weighted by Gasteiger charge is -2.27. The highest BCUT2D eigenvalue weighted by molar-refractivity contribution is 7.18. The quantitative estimate of drug-likeness (QED) is 0.719. The van der Waals surface area contributed by atoms with E-state index >= 15 is 0 Å². The minimum absolute atomic E-state index is 0.0657. The van der Waals surface area contributed by atoms with Crippen LogP contribution in [-0.2, 0) is 6.54 Å². The molecule has 0 radical (unpaired) electrons.